The summed E-state index contributed by atoms with van der Waals surface area (Å²) in [6.07, 6.45) is 1.48. The van der Waals surface area contributed by atoms with Crippen LogP contribution in [0.4, 0.5) is 0 Å². The van der Waals surface area contributed by atoms with E-state index in [1.165, 1.54) is 25.5 Å². The van der Waals surface area contributed by atoms with Crippen molar-refractivity contribution in [2.45, 2.75) is 13.5 Å². The van der Waals surface area contributed by atoms with Crippen LogP contribution in [0.15, 0.2) is 68.6 Å². The minimum Gasteiger partial charge on any atom is -0.493 e. The quantitative estimate of drug-likeness (QED) is 0.228. The molecule has 0 aliphatic heterocycles. The van der Waals surface area contributed by atoms with Gasteiger partial charge in [0.1, 0.15) is 12.4 Å². The predicted molar refractivity (Wildman–Crippen MR) is 139 cm³/mol. The third-order valence-electron chi connectivity index (χ3n) is 4.72. The molecule has 1 amide bonds. The molecule has 0 heterocycles. The van der Waals surface area contributed by atoms with E-state index in [9.17, 15) is 9.59 Å². The molecule has 0 bridgehead atoms. The number of carbonyl (C=O) groups excluding carboxylic acids is 1. The maximum atomic E-state index is 12.6. The Kier molecular flexibility index (Phi) is 9.27. The molecule has 3 aromatic carbocycles. The number of ether oxygens (including phenoxy) is 3. The lowest BCUT2D eigenvalue weighted by atomic mass is 10.1. The molecule has 0 radical (unpaired) electrons. The second kappa shape index (κ2) is 12.4. The van der Waals surface area contributed by atoms with Crippen molar-refractivity contribution >= 4 is 50.0 Å². The Morgan fingerprint density at radius 3 is 2.37 bits per heavy atom. The van der Waals surface area contributed by atoms with Gasteiger partial charge in [0.25, 0.3) is 5.91 Å². The van der Waals surface area contributed by atoms with Crippen LogP contribution < -0.4 is 19.6 Å². The monoisotopic (exact) mass is 604 g/mol. The lowest BCUT2D eigenvalue weighted by Crippen LogP contribution is -2.18. The highest BCUT2D eigenvalue weighted by atomic mass is 79.9. The molecule has 0 unspecified atom stereocenters. The zero-order valence-corrected chi connectivity index (χ0v) is 22.1. The Hall–Kier alpha value is -3.37. The first kappa shape index (κ1) is 26.2. The second-order valence-corrected chi connectivity index (χ2v) is 8.86. The van der Waals surface area contributed by atoms with Gasteiger partial charge in [-0.15, -0.1) is 0 Å². The summed E-state index contributed by atoms with van der Waals surface area (Å²) in [6, 6.07) is 14.9. The number of amides is 1. The number of halogens is 2. The van der Waals surface area contributed by atoms with E-state index in [0.717, 1.165) is 10.0 Å². The van der Waals surface area contributed by atoms with E-state index in [1.54, 1.807) is 36.4 Å². The number of hydrazone groups is 1. The Labute approximate surface area is 219 Å². The Morgan fingerprint density at radius 2 is 1.71 bits per heavy atom. The van der Waals surface area contributed by atoms with E-state index < -0.39 is 11.9 Å². The van der Waals surface area contributed by atoms with Crippen molar-refractivity contribution in [3.63, 3.8) is 0 Å². The molecule has 0 aromatic heterocycles. The zero-order valence-electron chi connectivity index (χ0n) is 18.9. The van der Waals surface area contributed by atoms with Gasteiger partial charge in [-0.25, -0.2) is 10.2 Å². The summed E-state index contributed by atoms with van der Waals surface area (Å²) < 4.78 is 18.2. The highest BCUT2D eigenvalue weighted by molar-refractivity contribution is 9.11. The second-order valence-electron chi connectivity index (χ2n) is 7.09. The molecule has 0 atom stereocenters. The van der Waals surface area contributed by atoms with Crippen molar-refractivity contribution in [1.29, 1.82) is 0 Å². The first-order valence-electron chi connectivity index (χ1n) is 10.4. The van der Waals surface area contributed by atoms with E-state index in [2.05, 4.69) is 42.4 Å². The predicted octanol–water partition coefficient (Wildman–Crippen LogP) is 5.66. The fraction of sp³-hybridized carbons (Fsp3) is 0.160. The van der Waals surface area contributed by atoms with Crippen molar-refractivity contribution < 1.29 is 28.9 Å². The number of carboxylic acid groups (broad SMARTS) is 1. The minimum absolute atomic E-state index is 0.201. The van der Waals surface area contributed by atoms with E-state index in [-0.39, 0.29) is 12.2 Å². The molecule has 3 aromatic rings. The summed E-state index contributed by atoms with van der Waals surface area (Å²) in [6.45, 7) is 2.49. The highest BCUT2D eigenvalue weighted by Crippen LogP contribution is 2.33. The number of carbonyl (C=O) groups is 2. The number of nitrogens with one attached hydrogen (secondary N) is 1. The van der Waals surface area contributed by atoms with Crippen LogP contribution in [-0.4, -0.2) is 36.9 Å². The largest absolute Gasteiger partial charge is 0.493 e. The Bertz CT molecular complexity index is 1250. The number of hydrogen-bond acceptors (Lipinski definition) is 6. The fourth-order valence-corrected chi connectivity index (χ4v) is 4.41. The van der Waals surface area contributed by atoms with Gasteiger partial charge in [-0.2, -0.15) is 5.10 Å². The standard InChI is InChI=1S/C25H22Br2N2O6/c1-3-34-22-11-17(8-9-21(22)33-2)24(30)29-28-13-18-10-19(26)12-20(27)23(18)35-14-15-4-6-16(7-5-15)25(31)32/h4-13H,3,14H2,1-2H3,(H,29,30)(H,31,32)/b28-13+. The maximum Gasteiger partial charge on any atom is 0.335 e. The molecule has 0 aliphatic carbocycles. The number of rotatable bonds is 10. The van der Waals surface area contributed by atoms with E-state index in [4.69, 9.17) is 19.3 Å². The topological polar surface area (TPSA) is 106 Å². The summed E-state index contributed by atoms with van der Waals surface area (Å²) in [5, 5.41) is 13.1. The molecule has 2 N–H and O–H groups in total. The van der Waals surface area contributed by atoms with Crippen LogP contribution in [0.25, 0.3) is 0 Å². The van der Waals surface area contributed by atoms with Crippen molar-refractivity contribution in [3.8, 4) is 17.2 Å². The molecular formula is C25H22Br2N2O6. The number of nitrogens with zero attached hydrogens (tertiary/aromatic N) is 1. The molecule has 8 nitrogen and oxygen atoms in total. The molecule has 0 saturated carbocycles. The van der Waals surface area contributed by atoms with Crippen LogP contribution >= 0.6 is 31.9 Å². The van der Waals surface area contributed by atoms with E-state index >= 15 is 0 Å². The number of methoxy groups -OCH3 is 1. The first-order valence-corrected chi connectivity index (χ1v) is 12.0. The SMILES string of the molecule is CCOc1cc(C(=O)N/N=C/c2cc(Br)cc(Br)c2OCc2ccc(C(=O)O)cc2)ccc1OC. The Morgan fingerprint density at radius 1 is 1.00 bits per heavy atom. The fourth-order valence-electron chi connectivity index (χ4n) is 3.04. The molecule has 182 valence electrons. The van der Waals surface area contributed by atoms with Crippen LogP contribution in [0.2, 0.25) is 0 Å². The van der Waals surface area contributed by atoms with Gasteiger partial charge in [0, 0.05) is 15.6 Å². The van der Waals surface area contributed by atoms with Gasteiger partial charge < -0.3 is 19.3 Å². The average molecular weight is 606 g/mol. The van der Waals surface area contributed by atoms with Crippen LogP contribution in [0.3, 0.4) is 0 Å². The van der Waals surface area contributed by atoms with Gasteiger partial charge in [-0.3, -0.25) is 4.79 Å². The van der Waals surface area contributed by atoms with Crippen molar-refractivity contribution in [3.05, 3.63) is 85.8 Å². The highest BCUT2D eigenvalue weighted by Gasteiger charge is 2.12. The third kappa shape index (κ3) is 7.06. The first-order chi connectivity index (χ1) is 16.8. The number of carboxylic acids is 1. The number of aromatic carboxylic acids is 1. The summed E-state index contributed by atoms with van der Waals surface area (Å²) in [5.41, 5.74) is 4.48. The summed E-state index contributed by atoms with van der Waals surface area (Å²) >= 11 is 6.93. The molecule has 0 aliphatic rings. The normalized spacial score (nSPS) is 10.7. The van der Waals surface area contributed by atoms with Gasteiger partial charge in [-0.05, 0) is 70.9 Å². The van der Waals surface area contributed by atoms with Gasteiger partial charge in [-0.1, -0.05) is 28.1 Å². The molecule has 10 heteroatoms. The molecule has 3 rings (SSSR count). The van der Waals surface area contributed by atoms with Crippen molar-refractivity contribution in [2.24, 2.45) is 5.10 Å². The molecule has 0 spiro atoms. The minimum atomic E-state index is -0.988. The lowest BCUT2D eigenvalue weighted by Gasteiger charge is -2.12. The average Bonchev–Trinajstić information content (AvgIpc) is 2.83. The van der Waals surface area contributed by atoms with E-state index in [0.29, 0.717) is 39.5 Å². The number of hydrogen-bond donors (Lipinski definition) is 2. The van der Waals surface area contributed by atoms with Crippen LogP contribution in [0.5, 0.6) is 17.2 Å². The zero-order chi connectivity index (χ0) is 25.4. The van der Waals surface area contributed by atoms with Crippen LogP contribution in [0, 0.1) is 0 Å². The molecular weight excluding hydrogens is 584 g/mol. The molecule has 0 fully saturated rings. The third-order valence-corrected chi connectivity index (χ3v) is 5.76. The smallest absolute Gasteiger partial charge is 0.335 e. The van der Waals surface area contributed by atoms with E-state index in [1.807, 2.05) is 13.0 Å². The molecule has 0 saturated heterocycles. The van der Waals surface area contributed by atoms with Crippen molar-refractivity contribution in [2.75, 3.05) is 13.7 Å². The summed E-state index contributed by atoms with van der Waals surface area (Å²) in [4.78, 5) is 23.6. The van der Waals surface area contributed by atoms with Crippen LogP contribution in [-0.2, 0) is 6.61 Å². The summed E-state index contributed by atoms with van der Waals surface area (Å²) in [5.74, 6) is 0.105. The lowest BCUT2D eigenvalue weighted by molar-refractivity contribution is 0.0696. The number of benzene rings is 3. The molecule has 35 heavy (non-hydrogen) atoms. The van der Waals surface area contributed by atoms with Gasteiger partial charge >= 0.3 is 5.97 Å². The van der Waals surface area contributed by atoms with Crippen molar-refractivity contribution in [1.82, 2.24) is 5.43 Å². The van der Waals surface area contributed by atoms with Crippen LogP contribution in [0.1, 0.15) is 38.8 Å². The summed E-state index contributed by atoms with van der Waals surface area (Å²) in [7, 11) is 1.53. The Balaban J connectivity index is 1.73. The van der Waals surface area contributed by atoms with Gasteiger partial charge in [0.15, 0.2) is 11.5 Å². The van der Waals surface area contributed by atoms with Gasteiger partial charge in [0.05, 0.1) is 30.0 Å². The maximum absolute atomic E-state index is 12.6. The van der Waals surface area contributed by atoms with Gasteiger partial charge in [0.2, 0.25) is 0 Å².